The van der Waals surface area contributed by atoms with Gasteiger partial charge in [-0.15, -0.1) is 0 Å². The molecule has 0 spiro atoms. The topological polar surface area (TPSA) is 53.3 Å². The molecule has 1 amide bonds. The summed E-state index contributed by atoms with van der Waals surface area (Å²) in [5, 5.41) is 8.91. The molecule has 0 aromatic heterocycles. The zero-order valence-electron chi connectivity index (χ0n) is 9.19. The second-order valence-corrected chi connectivity index (χ2v) is 4.90. The number of amides is 1. The molecular weight excluding hydrogens is 192 g/mol. The molecule has 2 aliphatic rings. The van der Waals surface area contributed by atoms with Gasteiger partial charge in [-0.25, -0.2) is 0 Å². The summed E-state index contributed by atoms with van der Waals surface area (Å²) in [6.07, 6.45) is 2.48. The molecule has 2 saturated heterocycles. The monoisotopic (exact) mass is 208 g/mol. The number of rotatable bonds is 1. The lowest BCUT2D eigenvalue weighted by molar-refractivity contribution is -0.146. The van der Waals surface area contributed by atoms with Crippen LogP contribution in [0.4, 0.5) is 0 Å². The van der Waals surface area contributed by atoms with Crippen molar-refractivity contribution in [3.63, 3.8) is 0 Å². The lowest BCUT2D eigenvalue weighted by Crippen LogP contribution is -2.50. The van der Waals surface area contributed by atoms with Gasteiger partial charge in [0.05, 0.1) is 18.3 Å². The van der Waals surface area contributed by atoms with Crippen LogP contribution in [0.2, 0.25) is 0 Å². The first-order valence-electron chi connectivity index (χ1n) is 5.39. The second-order valence-electron chi connectivity index (χ2n) is 4.90. The number of likely N-dealkylation sites (tertiary alicyclic amines) is 1. The molecule has 2 heterocycles. The van der Waals surface area contributed by atoms with Crippen LogP contribution in [0, 0.1) is 16.7 Å². The smallest absolute Gasteiger partial charge is 0.242 e. The standard InChI is InChI=1S/C11H16N2O2/c1-11(2,7-12)10(14)13-5-8-3-4-9(6-13)15-8/h8-9H,3-6H2,1-2H3. The third-order valence-electron chi connectivity index (χ3n) is 3.14. The second kappa shape index (κ2) is 3.49. The zero-order valence-corrected chi connectivity index (χ0v) is 9.19. The molecule has 2 fully saturated rings. The highest BCUT2D eigenvalue weighted by molar-refractivity contribution is 5.84. The lowest BCUT2D eigenvalue weighted by atomic mass is 9.93. The summed E-state index contributed by atoms with van der Waals surface area (Å²) in [5.41, 5.74) is -0.906. The van der Waals surface area contributed by atoms with E-state index in [0.717, 1.165) is 12.8 Å². The number of carbonyl (C=O) groups is 1. The van der Waals surface area contributed by atoms with E-state index in [-0.39, 0.29) is 18.1 Å². The van der Waals surface area contributed by atoms with Crippen LogP contribution in [0.3, 0.4) is 0 Å². The minimum absolute atomic E-state index is 0.0646. The normalized spacial score (nSPS) is 30.1. The molecule has 0 radical (unpaired) electrons. The molecule has 2 unspecified atom stereocenters. The Morgan fingerprint density at radius 2 is 1.93 bits per heavy atom. The maximum absolute atomic E-state index is 12.0. The van der Waals surface area contributed by atoms with Crippen molar-refractivity contribution >= 4 is 5.91 Å². The molecule has 2 atom stereocenters. The van der Waals surface area contributed by atoms with Crippen LogP contribution in [-0.4, -0.2) is 36.1 Å². The first-order valence-corrected chi connectivity index (χ1v) is 5.39. The number of morpholine rings is 1. The molecule has 0 aliphatic carbocycles. The largest absolute Gasteiger partial charge is 0.371 e. The number of fused-ring (bicyclic) bond motifs is 2. The Labute approximate surface area is 89.8 Å². The SMILES string of the molecule is CC(C)(C#N)C(=O)N1CC2CCC(C1)O2. The van der Waals surface area contributed by atoms with Crippen molar-refractivity contribution in [3.05, 3.63) is 0 Å². The number of nitrogens with zero attached hydrogens (tertiary/aromatic N) is 2. The Hall–Kier alpha value is -1.08. The van der Waals surface area contributed by atoms with Crippen LogP contribution in [-0.2, 0) is 9.53 Å². The van der Waals surface area contributed by atoms with E-state index in [9.17, 15) is 4.79 Å². The van der Waals surface area contributed by atoms with E-state index in [2.05, 4.69) is 6.07 Å². The van der Waals surface area contributed by atoms with Crippen molar-refractivity contribution < 1.29 is 9.53 Å². The van der Waals surface area contributed by atoms with Crippen LogP contribution in [0.1, 0.15) is 26.7 Å². The average molecular weight is 208 g/mol. The van der Waals surface area contributed by atoms with Crippen LogP contribution in [0.15, 0.2) is 0 Å². The summed E-state index contributed by atoms with van der Waals surface area (Å²) in [6, 6.07) is 2.06. The van der Waals surface area contributed by atoms with Gasteiger partial charge >= 0.3 is 0 Å². The summed E-state index contributed by atoms with van der Waals surface area (Å²) in [7, 11) is 0. The van der Waals surface area contributed by atoms with Gasteiger partial charge in [-0.1, -0.05) is 0 Å². The molecule has 4 heteroatoms. The van der Waals surface area contributed by atoms with Gasteiger partial charge in [0, 0.05) is 13.1 Å². The van der Waals surface area contributed by atoms with Gasteiger partial charge in [0.15, 0.2) is 0 Å². The van der Waals surface area contributed by atoms with Gasteiger partial charge in [0.25, 0.3) is 0 Å². The fourth-order valence-corrected chi connectivity index (χ4v) is 2.22. The number of hydrogen-bond donors (Lipinski definition) is 0. The van der Waals surface area contributed by atoms with E-state index in [4.69, 9.17) is 10.00 Å². The molecule has 2 bridgehead atoms. The van der Waals surface area contributed by atoms with E-state index in [1.54, 1.807) is 18.7 Å². The maximum Gasteiger partial charge on any atom is 0.242 e. The molecule has 0 N–H and O–H groups in total. The molecule has 0 aromatic rings. The molecule has 82 valence electrons. The third-order valence-corrected chi connectivity index (χ3v) is 3.14. The summed E-state index contributed by atoms with van der Waals surface area (Å²) in [4.78, 5) is 13.8. The summed E-state index contributed by atoms with van der Waals surface area (Å²) in [5.74, 6) is -0.0646. The molecule has 0 aromatic carbocycles. The Kier molecular flexibility index (Phi) is 2.43. The highest BCUT2D eigenvalue weighted by Gasteiger charge is 2.40. The highest BCUT2D eigenvalue weighted by atomic mass is 16.5. The van der Waals surface area contributed by atoms with Crippen LogP contribution in [0.25, 0.3) is 0 Å². The van der Waals surface area contributed by atoms with Crippen molar-refractivity contribution in [1.82, 2.24) is 4.90 Å². The Balaban J connectivity index is 2.07. The molecule has 0 saturated carbocycles. The quantitative estimate of drug-likeness (QED) is 0.644. The van der Waals surface area contributed by atoms with Gasteiger partial charge < -0.3 is 9.64 Å². The Bertz CT molecular complexity index is 307. The fraction of sp³-hybridized carbons (Fsp3) is 0.818. The Morgan fingerprint density at radius 3 is 2.40 bits per heavy atom. The van der Waals surface area contributed by atoms with Gasteiger partial charge in [-0.3, -0.25) is 4.79 Å². The van der Waals surface area contributed by atoms with E-state index in [1.165, 1.54) is 0 Å². The number of nitriles is 1. The number of ether oxygens (including phenoxy) is 1. The van der Waals surface area contributed by atoms with Crippen LogP contribution in [0.5, 0.6) is 0 Å². The molecule has 2 aliphatic heterocycles. The summed E-state index contributed by atoms with van der Waals surface area (Å²) >= 11 is 0. The van der Waals surface area contributed by atoms with Crippen LogP contribution < -0.4 is 0 Å². The fourth-order valence-electron chi connectivity index (χ4n) is 2.22. The minimum Gasteiger partial charge on any atom is -0.371 e. The molecule has 4 nitrogen and oxygen atoms in total. The zero-order chi connectivity index (χ0) is 11.1. The molecular formula is C11H16N2O2. The number of hydrogen-bond acceptors (Lipinski definition) is 3. The van der Waals surface area contributed by atoms with Gasteiger partial charge in [0.2, 0.25) is 5.91 Å². The first kappa shape index (κ1) is 10.4. The third kappa shape index (κ3) is 1.84. The van der Waals surface area contributed by atoms with Crippen molar-refractivity contribution in [2.75, 3.05) is 13.1 Å². The summed E-state index contributed by atoms with van der Waals surface area (Å²) < 4.78 is 5.65. The summed E-state index contributed by atoms with van der Waals surface area (Å²) in [6.45, 7) is 4.65. The highest BCUT2D eigenvalue weighted by Crippen LogP contribution is 2.29. The minimum atomic E-state index is -0.906. The van der Waals surface area contributed by atoms with Crippen LogP contribution >= 0.6 is 0 Å². The molecule has 2 rings (SSSR count). The van der Waals surface area contributed by atoms with E-state index >= 15 is 0 Å². The predicted molar refractivity (Wildman–Crippen MR) is 53.9 cm³/mol. The first-order chi connectivity index (χ1) is 7.03. The van der Waals surface area contributed by atoms with Gasteiger partial charge in [0.1, 0.15) is 5.41 Å². The van der Waals surface area contributed by atoms with Crippen molar-refractivity contribution in [3.8, 4) is 6.07 Å². The maximum atomic E-state index is 12.0. The van der Waals surface area contributed by atoms with E-state index < -0.39 is 5.41 Å². The predicted octanol–water partition coefficient (Wildman–Crippen LogP) is 0.926. The Morgan fingerprint density at radius 1 is 1.40 bits per heavy atom. The van der Waals surface area contributed by atoms with Gasteiger partial charge in [-0.05, 0) is 26.7 Å². The lowest BCUT2D eigenvalue weighted by Gasteiger charge is -2.35. The number of carbonyl (C=O) groups excluding carboxylic acids is 1. The van der Waals surface area contributed by atoms with E-state index in [1.807, 2.05) is 0 Å². The van der Waals surface area contributed by atoms with Crippen molar-refractivity contribution in [2.45, 2.75) is 38.9 Å². The van der Waals surface area contributed by atoms with Crippen molar-refractivity contribution in [1.29, 1.82) is 5.26 Å². The van der Waals surface area contributed by atoms with E-state index in [0.29, 0.717) is 13.1 Å². The van der Waals surface area contributed by atoms with Crippen molar-refractivity contribution in [2.24, 2.45) is 5.41 Å². The van der Waals surface area contributed by atoms with Gasteiger partial charge in [-0.2, -0.15) is 5.26 Å². The average Bonchev–Trinajstić information content (AvgIpc) is 2.56. The molecule has 15 heavy (non-hydrogen) atoms.